The summed E-state index contributed by atoms with van der Waals surface area (Å²) < 4.78 is 6.30. The standard InChI is InChI=1S/C11H11N7O/c1-2-4-9(5-3-1)18-11(14-16-17-18)12-7-6-10-13-8-19-15-10/h1-5,8H,6-7H2,(H,12,14,17). The van der Waals surface area contributed by atoms with Crippen molar-refractivity contribution in [3.05, 3.63) is 42.5 Å². The fourth-order valence-electron chi connectivity index (χ4n) is 1.63. The maximum absolute atomic E-state index is 4.66. The van der Waals surface area contributed by atoms with Crippen molar-refractivity contribution in [3.8, 4) is 5.69 Å². The van der Waals surface area contributed by atoms with Gasteiger partial charge in [-0.05, 0) is 22.6 Å². The average Bonchev–Trinajstić information content (AvgIpc) is 3.11. The molecule has 3 aromatic rings. The molecule has 0 saturated heterocycles. The minimum atomic E-state index is 0.578. The predicted octanol–water partition coefficient (Wildman–Crippen LogP) is 0.700. The lowest BCUT2D eigenvalue weighted by atomic mass is 10.3. The second-order valence-corrected chi connectivity index (χ2v) is 3.77. The number of rotatable bonds is 5. The van der Waals surface area contributed by atoms with Gasteiger partial charge in [0.1, 0.15) is 0 Å². The van der Waals surface area contributed by atoms with Gasteiger partial charge < -0.3 is 9.84 Å². The van der Waals surface area contributed by atoms with Crippen LogP contribution in [0.4, 0.5) is 5.95 Å². The van der Waals surface area contributed by atoms with E-state index in [1.807, 2.05) is 30.3 Å². The summed E-state index contributed by atoms with van der Waals surface area (Å²) in [6.07, 6.45) is 1.95. The summed E-state index contributed by atoms with van der Waals surface area (Å²) in [5.41, 5.74) is 0.898. The van der Waals surface area contributed by atoms with Gasteiger partial charge in [0.05, 0.1) is 5.69 Å². The van der Waals surface area contributed by atoms with Crippen LogP contribution in [-0.4, -0.2) is 36.9 Å². The molecule has 0 aliphatic heterocycles. The zero-order valence-corrected chi connectivity index (χ0v) is 9.97. The van der Waals surface area contributed by atoms with Gasteiger partial charge in [-0.1, -0.05) is 28.5 Å². The van der Waals surface area contributed by atoms with Gasteiger partial charge in [0.25, 0.3) is 0 Å². The van der Waals surface area contributed by atoms with Crippen molar-refractivity contribution < 1.29 is 4.52 Å². The molecular weight excluding hydrogens is 246 g/mol. The lowest BCUT2D eigenvalue weighted by molar-refractivity contribution is 0.410. The molecule has 96 valence electrons. The predicted molar refractivity (Wildman–Crippen MR) is 65.6 cm³/mol. The van der Waals surface area contributed by atoms with E-state index in [0.29, 0.717) is 24.7 Å². The van der Waals surface area contributed by atoms with E-state index >= 15 is 0 Å². The molecule has 0 saturated carbocycles. The Morgan fingerprint density at radius 2 is 2.11 bits per heavy atom. The third kappa shape index (κ3) is 2.57. The van der Waals surface area contributed by atoms with Gasteiger partial charge in [-0.3, -0.25) is 0 Å². The van der Waals surface area contributed by atoms with Crippen molar-refractivity contribution >= 4 is 5.95 Å². The van der Waals surface area contributed by atoms with Gasteiger partial charge in [0.15, 0.2) is 5.82 Å². The van der Waals surface area contributed by atoms with E-state index in [1.165, 1.54) is 6.39 Å². The van der Waals surface area contributed by atoms with Crippen molar-refractivity contribution in [3.63, 3.8) is 0 Å². The molecule has 2 aromatic heterocycles. The fourth-order valence-corrected chi connectivity index (χ4v) is 1.63. The molecule has 0 bridgehead atoms. The number of tetrazole rings is 1. The zero-order valence-electron chi connectivity index (χ0n) is 9.97. The van der Waals surface area contributed by atoms with Crippen LogP contribution in [0, 0.1) is 0 Å². The van der Waals surface area contributed by atoms with E-state index in [-0.39, 0.29) is 0 Å². The highest BCUT2D eigenvalue weighted by molar-refractivity contribution is 5.38. The third-order valence-corrected chi connectivity index (χ3v) is 2.51. The molecule has 1 N–H and O–H groups in total. The van der Waals surface area contributed by atoms with E-state index in [2.05, 4.69) is 35.5 Å². The van der Waals surface area contributed by atoms with E-state index in [1.54, 1.807) is 4.68 Å². The molecule has 0 radical (unpaired) electrons. The van der Waals surface area contributed by atoms with Crippen LogP contribution >= 0.6 is 0 Å². The lowest BCUT2D eigenvalue weighted by Gasteiger charge is -2.05. The van der Waals surface area contributed by atoms with Gasteiger partial charge >= 0.3 is 0 Å². The summed E-state index contributed by atoms with van der Waals surface area (Å²) in [7, 11) is 0. The molecule has 0 fully saturated rings. The summed E-state index contributed by atoms with van der Waals surface area (Å²) in [5.74, 6) is 1.22. The Labute approximate surface area is 108 Å². The van der Waals surface area contributed by atoms with Crippen molar-refractivity contribution in [1.82, 2.24) is 30.3 Å². The first-order chi connectivity index (χ1) is 9.43. The van der Waals surface area contributed by atoms with Gasteiger partial charge in [0, 0.05) is 13.0 Å². The normalized spacial score (nSPS) is 10.5. The van der Waals surface area contributed by atoms with Crippen LogP contribution in [0.5, 0.6) is 0 Å². The summed E-state index contributed by atoms with van der Waals surface area (Å²) in [4.78, 5) is 3.94. The first-order valence-corrected chi connectivity index (χ1v) is 5.76. The molecule has 0 spiro atoms. The van der Waals surface area contributed by atoms with Gasteiger partial charge in [0.2, 0.25) is 12.3 Å². The maximum atomic E-state index is 4.66. The summed E-state index contributed by atoms with van der Waals surface area (Å²) >= 11 is 0. The van der Waals surface area contributed by atoms with E-state index in [4.69, 9.17) is 0 Å². The molecule has 8 heteroatoms. The largest absolute Gasteiger partial charge is 0.352 e. The van der Waals surface area contributed by atoms with Crippen LogP contribution in [0.15, 0.2) is 41.2 Å². The molecule has 3 rings (SSSR count). The highest BCUT2D eigenvalue weighted by Gasteiger charge is 2.07. The molecule has 0 atom stereocenters. The Balaban J connectivity index is 1.67. The molecule has 0 aliphatic rings. The number of para-hydroxylation sites is 1. The Bertz CT molecular complexity index is 620. The number of hydrogen-bond acceptors (Lipinski definition) is 7. The first-order valence-electron chi connectivity index (χ1n) is 5.76. The maximum Gasteiger partial charge on any atom is 0.247 e. The van der Waals surface area contributed by atoms with Crippen molar-refractivity contribution in [2.24, 2.45) is 0 Å². The lowest BCUT2D eigenvalue weighted by Crippen LogP contribution is -2.11. The topological polar surface area (TPSA) is 94.6 Å². The number of hydrogen-bond donors (Lipinski definition) is 1. The van der Waals surface area contributed by atoms with E-state index in [9.17, 15) is 0 Å². The SMILES string of the molecule is c1ccc(-n2nnnc2NCCc2ncon2)cc1. The van der Waals surface area contributed by atoms with Crippen molar-refractivity contribution in [2.45, 2.75) is 6.42 Å². The Hall–Kier alpha value is -2.77. The Kier molecular flexibility index (Phi) is 3.13. The highest BCUT2D eigenvalue weighted by atomic mass is 16.5. The summed E-state index contributed by atoms with van der Waals surface area (Å²) in [5, 5.41) is 18.4. The number of benzene rings is 1. The minimum Gasteiger partial charge on any atom is -0.352 e. The zero-order chi connectivity index (χ0) is 12.9. The number of nitrogens with zero attached hydrogens (tertiary/aromatic N) is 6. The van der Waals surface area contributed by atoms with Crippen molar-refractivity contribution in [1.29, 1.82) is 0 Å². The van der Waals surface area contributed by atoms with Crippen LogP contribution in [0.1, 0.15) is 5.82 Å². The van der Waals surface area contributed by atoms with E-state index < -0.39 is 0 Å². The number of anilines is 1. The van der Waals surface area contributed by atoms with Gasteiger partial charge in [-0.2, -0.15) is 9.67 Å². The molecule has 1 aromatic carbocycles. The van der Waals surface area contributed by atoms with E-state index in [0.717, 1.165) is 5.69 Å². The molecule has 8 nitrogen and oxygen atoms in total. The highest BCUT2D eigenvalue weighted by Crippen LogP contribution is 2.10. The molecule has 0 amide bonds. The molecular formula is C11H11N7O. The quantitative estimate of drug-likeness (QED) is 0.718. The first kappa shape index (κ1) is 11.3. The van der Waals surface area contributed by atoms with Crippen LogP contribution in [0.25, 0.3) is 5.69 Å². The third-order valence-electron chi connectivity index (χ3n) is 2.51. The molecule has 0 aliphatic carbocycles. The average molecular weight is 257 g/mol. The minimum absolute atomic E-state index is 0.578. The molecule has 0 unspecified atom stereocenters. The van der Waals surface area contributed by atoms with Crippen LogP contribution in [0.2, 0.25) is 0 Å². The van der Waals surface area contributed by atoms with Crippen LogP contribution in [0.3, 0.4) is 0 Å². The molecule has 19 heavy (non-hydrogen) atoms. The summed E-state index contributed by atoms with van der Waals surface area (Å²) in [6.45, 7) is 0.618. The monoisotopic (exact) mass is 257 g/mol. The summed E-state index contributed by atoms with van der Waals surface area (Å²) in [6, 6.07) is 9.67. The van der Waals surface area contributed by atoms with Gasteiger partial charge in [-0.25, -0.2) is 0 Å². The van der Waals surface area contributed by atoms with Crippen molar-refractivity contribution in [2.75, 3.05) is 11.9 Å². The second-order valence-electron chi connectivity index (χ2n) is 3.77. The number of aromatic nitrogens is 6. The Morgan fingerprint density at radius 1 is 1.21 bits per heavy atom. The fraction of sp³-hybridized carbons (Fsp3) is 0.182. The second kappa shape index (κ2) is 5.25. The molecule has 2 heterocycles. The van der Waals surface area contributed by atoms with Crippen LogP contribution in [-0.2, 0) is 6.42 Å². The van der Waals surface area contributed by atoms with Gasteiger partial charge in [-0.15, -0.1) is 0 Å². The smallest absolute Gasteiger partial charge is 0.247 e. The Morgan fingerprint density at radius 3 is 2.89 bits per heavy atom. The van der Waals surface area contributed by atoms with Crippen LogP contribution < -0.4 is 5.32 Å². The number of nitrogens with one attached hydrogen (secondary N) is 1.